The number of benzene rings is 1. The molecule has 0 aliphatic heterocycles. The second-order valence-corrected chi connectivity index (χ2v) is 8.90. The van der Waals surface area contributed by atoms with E-state index in [-0.39, 0.29) is 5.41 Å². The number of hydrogen-bond donors (Lipinski definition) is 0. The Hall–Kier alpha value is -1.55. The van der Waals surface area contributed by atoms with Gasteiger partial charge in [0, 0.05) is 5.41 Å². The number of nitrogens with zero attached hydrogens (tertiary/aromatic N) is 2. The standard InChI is InChI=1S/C22H29ClN2O2/c1-3-4-5-8-21-9-12-22(13-10-21,14-11-21)20-25-24-19(27-20)17-7-6-16(26-2)15-18(17)23/h6-7,15H,3-5,8-14H2,1-2H3. The molecule has 2 bridgehead atoms. The minimum Gasteiger partial charge on any atom is -0.497 e. The summed E-state index contributed by atoms with van der Waals surface area (Å²) in [6, 6.07) is 5.54. The van der Waals surface area contributed by atoms with Crippen LogP contribution in [0.25, 0.3) is 11.5 Å². The van der Waals surface area contributed by atoms with Gasteiger partial charge in [0.2, 0.25) is 11.8 Å². The highest BCUT2D eigenvalue weighted by Crippen LogP contribution is 2.59. The van der Waals surface area contributed by atoms with Gasteiger partial charge in [0.05, 0.1) is 17.7 Å². The molecule has 3 saturated carbocycles. The minimum absolute atomic E-state index is 0.0801. The van der Waals surface area contributed by atoms with Crippen LogP contribution in [0, 0.1) is 5.41 Å². The molecule has 4 nitrogen and oxygen atoms in total. The Balaban J connectivity index is 1.50. The van der Waals surface area contributed by atoms with E-state index < -0.39 is 0 Å². The molecule has 0 saturated heterocycles. The van der Waals surface area contributed by atoms with Gasteiger partial charge < -0.3 is 9.15 Å². The van der Waals surface area contributed by atoms with Crippen LogP contribution in [0.5, 0.6) is 5.75 Å². The Morgan fingerprint density at radius 2 is 1.81 bits per heavy atom. The summed E-state index contributed by atoms with van der Waals surface area (Å²) < 4.78 is 11.4. The third-order valence-corrected chi connectivity index (χ3v) is 7.31. The third-order valence-electron chi connectivity index (χ3n) is 7.00. The van der Waals surface area contributed by atoms with Crippen molar-refractivity contribution in [1.29, 1.82) is 0 Å². The smallest absolute Gasteiger partial charge is 0.249 e. The van der Waals surface area contributed by atoms with Gasteiger partial charge in [-0.25, -0.2) is 0 Å². The molecule has 27 heavy (non-hydrogen) atoms. The normalized spacial score (nSPS) is 27.1. The van der Waals surface area contributed by atoms with E-state index in [0.717, 1.165) is 17.2 Å². The SMILES string of the molecule is CCCCCC12CCC(c3nnc(-c4ccc(OC)cc4Cl)o3)(CC1)CC2. The zero-order valence-electron chi connectivity index (χ0n) is 16.4. The van der Waals surface area contributed by atoms with Crippen molar-refractivity contribution in [2.24, 2.45) is 5.41 Å². The first-order valence-electron chi connectivity index (χ1n) is 10.3. The second kappa shape index (κ2) is 7.46. The topological polar surface area (TPSA) is 48.2 Å². The van der Waals surface area contributed by atoms with Crippen molar-refractivity contribution in [2.45, 2.75) is 76.5 Å². The molecule has 1 heterocycles. The van der Waals surface area contributed by atoms with Crippen LogP contribution in [0.1, 0.15) is 77.0 Å². The quantitative estimate of drug-likeness (QED) is 0.503. The molecular weight excluding hydrogens is 360 g/mol. The van der Waals surface area contributed by atoms with Crippen molar-refractivity contribution in [3.63, 3.8) is 0 Å². The van der Waals surface area contributed by atoms with Gasteiger partial charge in [-0.1, -0.05) is 37.8 Å². The number of halogens is 1. The van der Waals surface area contributed by atoms with Crippen molar-refractivity contribution in [3.8, 4) is 17.2 Å². The number of unbranched alkanes of at least 4 members (excludes halogenated alkanes) is 2. The average Bonchev–Trinajstić information content (AvgIpc) is 3.20. The predicted octanol–water partition coefficient (Wildman–Crippen LogP) is 6.57. The molecule has 0 spiro atoms. The van der Waals surface area contributed by atoms with Gasteiger partial charge >= 0.3 is 0 Å². The highest BCUT2D eigenvalue weighted by molar-refractivity contribution is 6.33. The zero-order valence-corrected chi connectivity index (χ0v) is 17.1. The maximum Gasteiger partial charge on any atom is 0.249 e. The molecule has 3 aliphatic carbocycles. The van der Waals surface area contributed by atoms with Crippen LogP contribution in [0.15, 0.2) is 22.6 Å². The molecule has 0 radical (unpaired) electrons. The van der Waals surface area contributed by atoms with Gasteiger partial charge in [-0.3, -0.25) is 0 Å². The summed E-state index contributed by atoms with van der Waals surface area (Å²) in [5.74, 6) is 2.05. The molecular formula is C22H29ClN2O2. The van der Waals surface area contributed by atoms with E-state index in [1.54, 1.807) is 13.2 Å². The van der Waals surface area contributed by atoms with Crippen molar-refractivity contribution in [2.75, 3.05) is 7.11 Å². The monoisotopic (exact) mass is 388 g/mol. The van der Waals surface area contributed by atoms with E-state index in [1.165, 1.54) is 64.2 Å². The molecule has 3 aliphatic rings. The summed E-state index contributed by atoms with van der Waals surface area (Å²) >= 11 is 6.39. The zero-order chi connectivity index (χ0) is 18.9. The maximum atomic E-state index is 6.39. The number of aromatic nitrogens is 2. The Bertz CT molecular complexity index is 777. The summed E-state index contributed by atoms with van der Waals surface area (Å²) in [6.07, 6.45) is 12.9. The van der Waals surface area contributed by atoms with Gasteiger partial charge in [-0.05, 0) is 68.6 Å². The van der Waals surface area contributed by atoms with Crippen molar-refractivity contribution in [3.05, 3.63) is 29.1 Å². The van der Waals surface area contributed by atoms with E-state index >= 15 is 0 Å². The van der Waals surface area contributed by atoms with Gasteiger partial charge in [-0.15, -0.1) is 10.2 Å². The molecule has 1 aromatic heterocycles. The lowest BCUT2D eigenvalue weighted by Crippen LogP contribution is -2.44. The molecule has 5 rings (SSSR count). The Kier molecular flexibility index (Phi) is 5.19. The van der Waals surface area contributed by atoms with Crippen molar-refractivity contribution in [1.82, 2.24) is 10.2 Å². The fraction of sp³-hybridized carbons (Fsp3) is 0.636. The summed E-state index contributed by atoms with van der Waals surface area (Å²) in [5.41, 5.74) is 1.43. The number of fused-ring (bicyclic) bond motifs is 3. The summed E-state index contributed by atoms with van der Waals surface area (Å²) in [4.78, 5) is 0. The van der Waals surface area contributed by atoms with Crippen LogP contribution in [0.2, 0.25) is 5.02 Å². The Morgan fingerprint density at radius 3 is 2.44 bits per heavy atom. The number of methoxy groups -OCH3 is 1. The van der Waals surface area contributed by atoms with Crippen molar-refractivity contribution < 1.29 is 9.15 Å². The second-order valence-electron chi connectivity index (χ2n) is 8.50. The Labute approximate surface area is 166 Å². The van der Waals surface area contributed by atoms with E-state index in [9.17, 15) is 0 Å². The first-order chi connectivity index (χ1) is 13.1. The highest BCUT2D eigenvalue weighted by atomic mass is 35.5. The summed E-state index contributed by atoms with van der Waals surface area (Å²) in [7, 11) is 1.63. The van der Waals surface area contributed by atoms with Crippen LogP contribution in [-0.2, 0) is 5.41 Å². The van der Waals surface area contributed by atoms with Gasteiger partial charge in [0.15, 0.2) is 0 Å². The molecule has 3 fully saturated rings. The van der Waals surface area contributed by atoms with Crippen LogP contribution >= 0.6 is 11.6 Å². The summed E-state index contributed by atoms with van der Waals surface area (Å²) in [5, 5.41) is 9.36. The van der Waals surface area contributed by atoms with Crippen LogP contribution < -0.4 is 4.74 Å². The van der Waals surface area contributed by atoms with Gasteiger partial charge in [0.1, 0.15) is 5.75 Å². The maximum absolute atomic E-state index is 6.39. The minimum atomic E-state index is 0.0801. The number of rotatable bonds is 7. The molecule has 0 amide bonds. The molecule has 1 aromatic carbocycles. The molecule has 5 heteroatoms. The molecule has 146 valence electrons. The van der Waals surface area contributed by atoms with Gasteiger partial charge in [0.25, 0.3) is 0 Å². The molecule has 0 N–H and O–H groups in total. The van der Waals surface area contributed by atoms with E-state index in [2.05, 4.69) is 17.1 Å². The van der Waals surface area contributed by atoms with E-state index in [0.29, 0.717) is 16.3 Å². The van der Waals surface area contributed by atoms with Crippen LogP contribution in [0.4, 0.5) is 0 Å². The van der Waals surface area contributed by atoms with E-state index in [4.69, 9.17) is 20.8 Å². The lowest BCUT2D eigenvalue weighted by molar-refractivity contribution is 0.0178. The fourth-order valence-electron chi connectivity index (χ4n) is 5.05. The van der Waals surface area contributed by atoms with E-state index in [1.807, 2.05) is 12.1 Å². The van der Waals surface area contributed by atoms with Crippen LogP contribution in [-0.4, -0.2) is 17.3 Å². The first kappa shape index (κ1) is 18.8. The lowest BCUT2D eigenvalue weighted by atomic mass is 9.52. The van der Waals surface area contributed by atoms with Gasteiger partial charge in [-0.2, -0.15) is 0 Å². The van der Waals surface area contributed by atoms with Crippen LogP contribution in [0.3, 0.4) is 0 Å². The third kappa shape index (κ3) is 3.49. The number of ether oxygens (including phenoxy) is 1. The first-order valence-corrected chi connectivity index (χ1v) is 10.7. The molecule has 2 aromatic rings. The van der Waals surface area contributed by atoms with Crippen molar-refractivity contribution >= 4 is 11.6 Å². The molecule has 0 atom stereocenters. The fourth-order valence-corrected chi connectivity index (χ4v) is 5.30. The Morgan fingerprint density at radius 1 is 1.07 bits per heavy atom. The summed E-state index contributed by atoms with van der Waals surface area (Å²) in [6.45, 7) is 2.28. The average molecular weight is 389 g/mol. The largest absolute Gasteiger partial charge is 0.497 e. The number of hydrogen-bond acceptors (Lipinski definition) is 4. The lowest BCUT2D eigenvalue weighted by Gasteiger charge is -2.52. The molecule has 0 unspecified atom stereocenters. The predicted molar refractivity (Wildman–Crippen MR) is 107 cm³/mol. The highest BCUT2D eigenvalue weighted by Gasteiger charge is 2.51.